The van der Waals surface area contributed by atoms with E-state index in [1.807, 2.05) is 0 Å². The van der Waals surface area contributed by atoms with E-state index in [0.717, 1.165) is 17.6 Å². The zero-order valence-corrected chi connectivity index (χ0v) is 11.2. The summed E-state index contributed by atoms with van der Waals surface area (Å²) in [7, 11) is 0. The Kier molecular flexibility index (Phi) is 3.22. The fourth-order valence-corrected chi connectivity index (χ4v) is 2.87. The first-order valence-electron chi connectivity index (χ1n) is 6.71. The minimum atomic E-state index is -0.427. The molecule has 1 aliphatic heterocycles. The van der Waals surface area contributed by atoms with Crippen LogP contribution in [-0.4, -0.2) is 5.78 Å². The molecule has 106 valence electrons. The van der Waals surface area contributed by atoms with Gasteiger partial charge in [-0.3, -0.25) is 4.79 Å². The van der Waals surface area contributed by atoms with Crippen LogP contribution >= 0.6 is 0 Å². The van der Waals surface area contributed by atoms with Crippen molar-refractivity contribution in [2.45, 2.75) is 25.2 Å². The highest BCUT2D eigenvalue weighted by atomic mass is 19.1. The Bertz CT molecular complexity index is 711. The number of Topliss-reactive ketones (excluding diaryl/α,β-unsaturated/α-hetero) is 1. The largest absolute Gasteiger partial charge is 0.437 e. The number of ether oxygens (including phenoxy) is 1. The summed E-state index contributed by atoms with van der Waals surface area (Å²) < 4.78 is 18.5. The van der Waals surface area contributed by atoms with Crippen molar-refractivity contribution in [3.8, 4) is 6.07 Å². The standard InChI is InChI=1S/C16H13FN2O2/c17-10-6-4-9(5-7-10)14-11-2-1-3-13(20)15(11)21-16(19)12(14)8-18/h4-7,14H,1-3,19H2. The number of nitrogens with two attached hydrogens (primary N) is 1. The molecule has 0 saturated carbocycles. The van der Waals surface area contributed by atoms with Crippen LogP contribution in [0.15, 0.2) is 47.1 Å². The van der Waals surface area contributed by atoms with Crippen LogP contribution in [0.25, 0.3) is 0 Å². The van der Waals surface area contributed by atoms with Crippen LogP contribution in [0.2, 0.25) is 0 Å². The first-order chi connectivity index (χ1) is 10.1. The zero-order valence-electron chi connectivity index (χ0n) is 11.2. The molecule has 0 bridgehead atoms. The molecule has 0 saturated heterocycles. The summed E-state index contributed by atoms with van der Waals surface area (Å²) >= 11 is 0. The molecule has 1 atom stereocenters. The number of rotatable bonds is 1. The number of carbonyl (C=O) groups excluding carboxylic acids is 1. The Morgan fingerprint density at radius 1 is 1.29 bits per heavy atom. The molecule has 0 amide bonds. The van der Waals surface area contributed by atoms with Crippen LogP contribution in [0.3, 0.4) is 0 Å². The Labute approximate surface area is 121 Å². The smallest absolute Gasteiger partial charge is 0.205 e. The van der Waals surface area contributed by atoms with E-state index >= 15 is 0 Å². The van der Waals surface area contributed by atoms with Crippen molar-refractivity contribution in [2.24, 2.45) is 5.73 Å². The number of hydrogen-bond acceptors (Lipinski definition) is 4. The number of halogens is 1. The summed E-state index contributed by atoms with van der Waals surface area (Å²) in [5, 5.41) is 9.35. The number of nitriles is 1. The van der Waals surface area contributed by atoms with Crippen molar-refractivity contribution in [2.75, 3.05) is 0 Å². The Morgan fingerprint density at radius 2 is 2.00 bits per heavy atom. The first kappa shape index (κ1) is 13.4. The summed E-state index contributed by atoms with van der Waals surface area (Å²) in [6.07, 6.45) is 1.81. The maximum absolute atomic E-state index is 13.1. The van der Waals surface area contributed by atoms with Crippen LogP contribution in [0.4, 0.5) is 4.39 Å². The van der Waals surface area contributed by atoms with Gasteiger partial charge in [0.15, 0.2) is 11.5 Å². The summed E-state index contributed by atoms with van der Waals surface area (Å²) in [4.78, 5) is 12.0. The van der Waals surface area contributed by atoms with Crippen molar-refractivity contribution in [3.05, 3.63) is 58.4 Å². The highest BCUT2D eigenvalue weighted by Crippen LogP contribution is 2.43. The van der Waals surface area contributed by atoms with Gasteiger partial charge >= 0.3 is 0 Å². The quantitative estimate of drug-likeness (QED) is 0.860. The molecule has 3 rings (SSSR count). The number of nitrogens with zero attached hydrogens (tertiary/aromatic N) is 1. The van der Waals surface area contributed by atoms with Gasteiger partial charge in [-0.1, -0.05) is 12.1 Å². The van der Waals surface area contributed by atoms with Crippen LogP contribution in [-0.2, 0) is 9.53 Å². The van der Waals surface area contributed by atoms with Crippen molar-refractivity contribution in [1.82, 2.24) is 0 Å². The third-order valence-corrected chi connectivity index (χ3v) is 3.83. The third-order valence-electron chi connectivity index (χ3n) is 3.83. The second-order valence-electron chi connectivity index (χ2n) is 5.11. The van der Waals surface area contributed by atoms with E-state index in [-0.39, 0.29) is 28.8 Å². The van der Waals surface area contributed by atoms with Gasteiger partial charge in [0.2, 0.25) is 5.88 Å². The number of ketones is 1. The lowest BCUT2D eigenvalue weighted by molar-refractivity contribution is -0.119. The normalized spacial score (nSPS) is 21.7. The summed E-state index contributed by atoms with van der Waals surface area (Å²) in [5.41, 5.74) is 7.57. The Hall–Kier alpha value is -2.61. The maximum atomic E-state index is 13.1. The molecule has 21 heavy (non-hydrogen) atoms. The molecule has 0 fully saturated rings. The molecule has 1 unspecified atom stereocenters. The summed E-state index contributed by atoms with van der Waals surface area (Å²) in [6, 6.07) is 7.95. The van der Waals surface area contributed by atoms with Gasteiger partial charge in [0.1, 0.15) is 17.5 Å². The lowest BCUT2D eigenvalue weighted by Gasteiger charge is -2.31. The number of benzene rings is 1. The summed E-state index contributed by atoms with van der Waals surface area (Å²) in [6.45, 7) is 0. The maximum Gasteiger partial charge on any atom is 0.205 e. The lowest BCUT2D eigenvalue weighted by atomic mass is 9.78. The second-order valence-corrected chi connectivity index (χ2v) is 5.11. The lowest BCUT2D eigenvalue weighted by Crippen LogP contribution is -2.26. The molecule has 1 aromatic rings. The topological polar surface area (TPSA) is 76.1 Å². The van der Waals surface area contributed by atoms with Gasteiger partial charge in [0, 0.05) is 12.3 Å². The average Bonchev–Trinajstić information content (AvgIpc) is 2.48. The van der Waals surface area contributed by atoms with Gasteiger partial charge < -0.3 is 10.5 Å². The predicted molar refractivity (Wildman–Crippen MR) is 72.9 cm³/mol. The monoisotopic (exact) mass is 284 g/mol. The fraction of sp³-hybridized carbons (Fsp3) is 0.250. The van der Waals surface area contributed by atoms with Crippen LogP contribution in [0, 0.1) is 17.1 Å². The van der Waals surface area contributed by atoms with Crippen molar-refractivity contribution >= 4 is 5.78 Å². The molecule has 2 aliphatic rings. The van der Waals surface area contributed by atoms with Gasteiger partial charge in [-0.2, -0.15) is 5.26 Å². The van der Waals surface area contributed by atoms with Gasteiger partial charge in [-0.25, -0.2) is 4.39 Å². The van der Waals surface area contributed by atoms with E-state index in [9.17, 15) is 14.4 Å². The molecule has 0 aromatic heterocycles. The van der Waals surface area contributed by atoms with Crippen LogP contribution < -0.4 is 5.73 Å². The van der Waals surface area contributed by atoms with Crippen LogP contribution in [0.1, 0.15) is 30.7 Å². The minimum Gasteiger partial charge on any atom is -0.437 e. The molecule has 1 aliphatic carbocycles. The van der Waals surface area contributed by atoms with E-state index in [0.29, 0.717) is 12.8 Å². The third kappa shape index (κ3) is 2.19. The molecule has 4 nitrogen and oxygen atoms in total. The average molecular weight is 284 g/mol. The Morgan fingerprint density at radius 3 is 2.67 bits per heavy atom. The van der Waals surface area contributed by atoms with Crippen molar-refractivity contribution < 1.29 is 13.9 Å². The van der Waals surface area contributed by atoms with Gasteiger partial charge in [-0.05, 0) is 36.1 Å². The minimum absolute atomic E-state index is 0.0409. The van der Waals surface area contributed by atoms with Gasteiger partial charge in [0.05, 0.1) is 0 Å². The van der Waals surface area contributed by atoms with E-state index < -0.39 is 5.92 Å². The van der Waals surface area contributed by atoms with E-state index in [2.05, 4.69) is 6.07 Å². The SMILES string of the molecule is N#CC1=C(N)OC2=C(CCCC2=O)C1c1ccc(F)cc1. The molecular formula is C16H13FN2O2. The van der Waals surface area contributed by atoms with E-state index in [4.69, 9.17) is 10.5 Å². The number of allylic oxidation sites excluding steroid dienone is 3. The zero-order chi connectivity index (χ0) is 15.0. The van der Waals surface area contributed by atoms with Crippen molar-refractivity contribution in [3.63, 3.8) is 0 Å². The highest BCUT2D eigenvalue weighted by Gasteiger charge is 2.36. The molecule has 1 aromatic carbocycles. The van der Waals surface area contributed by atoms with E-state index in [1.165, 1.54) is 12.1 Å². The molecule has 2 N–H and O–H groups in total. The van der Waals surface area contributed by atoms with Gasteiger partial charge in [0.25, 0.3) is 0 Å². The molecule has 5 heteroatoms. The Balaban J connectivity index is 2.16. The summed E-state index contributed by atoms with van der Waals surface area (Å²) in [5.74, 6) is -0.657. The first-order valence-corrected chi connectivity index (χ1v) is 6.71. The molecule has 1 heterocycles. The fourth-order valence-electron chi connectivity index (χ4n) is 2.87. The number of hydrogen-bond donors (Lipinski definition) is 1. The van der Waals surface area contributed by atoms with Crippen molar-refractivity contribution in [1.29, 1.82) is 5.26 Å². The molecule has 0 spiro atoms. The molecule has 0 radical (unpaired) electrons. The second kappa shape index (κ2) is 5.06. The van der Waals surface area contributed by atoms with E-state index in [1.54, 1.807) is 12.1 Å². The number of carbonyl (C=O) groups is 1. The highest BCUT2D eigenvalue weighted by molar-refractivity contribution is 5.96. The molecular weight excluding hydrogens is 271 g/mol. The van der Waals surface area contributed by atoms with Gasteiger partial charge in [-0.15, -0.1) is 0 Å². The predicted octanol–water partition coefficient (Wildman–Crippen LogP) is 2.64. The van der Waals surface area contributed by atoms with Crippen LogP contribution in [0.5, 0.6) is 0 Å².